The summed E-state index contributed by atoms with van der Waals surface area (Å²) in [5.41, 5.74) is 1.87. The van der Waals surface area contributed by atoms with Gasteiger partial charge < -0.3 is 24.4 Å². The summed E-state index contributed by atoms with van der Waals surface area (Å²) in [5.74, 6) is 1.36. The number of carbonyl (C=O) groups is 1. The fraction of sp³-hybridized carbons (Fsp3) is 0.600. The van der Waals surface area contributed by atoms with E-state index >= 15 is 0 Å². The summed E-state index contributed by atoms with van der Waals surface area (Å²) in [4.78, 5) is 33.1. The molecule has 3 aliphatic heterocycles. The molecule has 0 bridgehead atoms. The maximum Gasteiger partial charge on any atom is 0.322 e. The van der Waals surface area contributed by atoms with Crippen molar-refractivity contribution in [1.82, 2.24) is 35.5 Å². The normalized spacial score (nSPS) is 27.4. The van der Waals surface area contributed by atoms with Gasteiger partial charge in [-0.3, -0.25) is 9.89 Å². The number of H-pyrrole nitrogens is 1. The number of hydrogen-bond donors (Lipinski definition) is 2. The molecule has 2 N–H and O–H groups in total. The molecule has 1 amide bonds. The largest absolute Gasteiger partial charge is 0.461 e. The van der Waals surface area contributed by atoms with Crippen LogP contribution >= 0.6 is 0 Å². The average molecular weight is 507 g/mol. The van der Waals surface area contributed by atoms with Crippen LogP contribution in [-0.4, -0.2) is 87.7 Å². The van der Waals surface area contributed by atoms with Crippen molar-refractivity contribution < 1.29 is 19.0 Å². The molecule has 4 fully saturated rings. The topological polar surface area (TPSA) is 140 Å². The van der Waals surface area contributed by atoms with Crippen LogP contribution in [0.2, 0.25) is 0 Å². The number of amides is 1. The number of aromatic amines is 1. The number of fused-ring (bicyclic) bond motifs is 2. The molecule has 0 unspecified atom stereocenters. The first kappa shape index (κ1) is 22.8. The van der Waals surface area contributed by atoms with Gasteiger partial charge in [0, 0.05) is 55.1 Å². The lowest BCUT2D eigenvalue weighted by Crippen LogP contribution is -2.36. The summed E-state index contributed by atoms with van der Waals surface area (Å²) in [6.07, 6.45) is 5.54. The first-order valence-corrected chi connectivity index (χ1v) is 13.2. The predicted octanol–water partition coefficient (Wildman–Crippen LogP) is 1.46. The standard InChI is InChI=1S/C25H30N8O4/c34-23(27-20-17-12-35-13-18(17)20)22-28-24(30-25(29-22)37-11-15-3-2-10-36-15)33-8-5-14(6-9-33)19-16-4-1-7-26-21(16)32-31-19/h1,4,7,14-15,17-18,20H,2-3,5-6,8-13H2,(H,27,34)(H,26,31,32)/t15-,17-,18+,20-/m1/s1. The van der Waals surface area contributed by atoms with Crippen molar-refractivity contribution in [2.45, 2.75) is 43.7 Å². The Hall–Kier alpha value is -3.38. The number of piperidine rings is 1. The molecule has 3 aromatic rings. The molecular weight excluding hydrogens is 476 g/mol. The van der Waals surface area contributed by atoms with Crippen LogP contribution in [0.15, 0.2) is 18.3 Å². The Morgan fingerprint density at radius 1 is 1.16 bits per heavy atom. The number of rotatable bonds is 7. The average Bonchev–Trinajstić information content (AvgIpc) is 3.47. The number of hydrogen-bond acceptors (Lipinski definition) is 10. The second-order valence-electron chi connectivity index (χ2n) is 10.3. The number of nitrogens with one attached hydrogen (secondary N) is 2. The van der Waals surface area contributed by atoms with Gasteiger partial charge in [0.15, 0.2) is 5.65 Å². The van der Waals surface area contributed by atoms with Gasteiger partial charge in [0.05, 0.1) is 25.0 Å². The van der Waals surface area contributed by atoms with Gasteiger partial charge in [-0.25, -0.2) is 4.98 Å². The van der Waals surface area contributed by atoms with Gasteiger partial charge in [-0.1, -0.05) is 0 Å². The molecule has 12 heteroatoms. The van der Waals surface area contributed by atoms with Crippen molar-refractivity contribution in [3.63, 3.8) is 0 Å². The van der Waals surface area contributed by atoms with E-state index in [2.05, 4.69) is 46.4 Å². The lowest BCUT2D eigenvalue weighted by atomic mass is 9.92. The first-order chi connectivity index (χ1) is 18.2. The third-order valence-electron chi connectivity index (χ3n) is 8.01. The summed E-state index contributed by atoms with van der Waals surface area (Å²) in [7, 11) is 0. The monoisotopic (exact) mass is 506 g/mol. The van der Waals surface area contributed by atoms with Gasteiger partial charge >= 0.3 is 6.01 Å². The quantitative estimate of drug-likeness (QED) is 0.484. The molecule has 0 aromatic carbocycles. The number of ether oxygens (including phenoxy) is 3. The van der Waals surface area contributed by atoms with E-state index in [1.165, 1.54) is 0 Å². The maximum atomic E-state index is 13.1. The molecule has 1 saturated carbocycles. The zero-order valence-corrected chi connectivity index (χ0v) is 20.5. The molecular formula is C25H30N8O4. The summed E-state index contributed by atoms with van der Waals surface area (Å²) >= 11 is 0. The summed E-state index contributed by atoms with van der Waals surface area (Å²) in [6, 6.07) is 4.29. The molecule has 37 heavy (non-hydrogen) atoms. The highest BCUT2D eigenvalue weighted by molar-refractivity contribution is 5.91. The first-order valence-electron chi connectivity index (χ1n) is 13.2. The molecule has 1 aliphatic carbocycles. The number of pyridine rings is 1. The van der Waals surface area contributed by atoms with E-state index in [0.717, 1.165) is 62.1 Å². The van der Waals surface area contributed by atoms with Crippen molar-refractivity contribution in [2.24, 2.45) is 11.8 Å². The second kappa shape index (κ2) is 9.49. The molecule has 12 nitrogen and oxygen atoms in total. The van der Waals surface area contributed by atoms with Gasteiger partial charge in [0.1, 0.15) is 6.61 Å². The third kappa shape index (κ3) is 4.48. The van der Waals surface area contributed by atoms with E-state index in [-0.39, 0.29) is 29.9 Å². The minimum Gasteiger partial charge on any atom is -0.461 e. The molecule has 6 heterocycles. The van der Waals surface area contributed by atoms with E-state index in [1.807, 2.05) is 6.07 Å². The zero-order valence-electron chi connectivity index (χ0n) is 20.5. The van der Waals surface area contributed by atoms with Gasteiger partial charge in [0.25, 0.3) is 5.91 Å². The van der Waals surface area contributed by atoms with E-state index < -0.39 is 0 Å². The number of nitrogens with zero attached hydrogens (tertiary/aromatic N) is 6. The van der Waals surface area contributed by atoms with Gasteiger partial charge in [-0.2, -0.15) is 20.1 Å². The second-order valence-corrected chi connectivity index (χ2v) is 10.3. The smallest absolute Gasteiger partial charge is 0.322 e. The molecule has 0 spiro atoms. The molecule has 0 radical (unpaired) electrons. The van der Waals surface area contributed by atoms with Crippen molar-refractivity contribution in [3.05, 3.63) is 29.8 Å². The minimum atomic E-state index is -0.296. The lowest BCUT2D eigenvalue weighted by molar-refractivity contribution is 0.0642. The predicted molar refractivity (Wildman–Crippen MR) is 131 cm³/mol. The molecule has 4 aliphatic rings. The fourth-order valence-corrected chi connectivity index (χ4v) is 5.80. The molecule has 3 aromatic heterocycles. The Labute approximate surface area is 213 Å². The van der Waals surface area contributed by atoms with E-state index in [9.17, 15) is 4.79 Å². The van der Waals surface area contributed by atoms with Crippen LogP contribution in [-0.2, 0) is 9.47 Å². The SMILES string of the molecule is O=C(N[C@@H]1[C@@H]2COC[C@@H]21)c1nc(OC[C@H]2CCCO2)nc(N2CCC(c3n[nH]c4ncccc34)CC2)n1. The van der Waals surface area contributed by atoms with Gasteiger partial charge in [-0.15, -0.1) is 0 Å². The minimum absolute atomic E-state index is 0.0252. The Morgan fingerprint density at radius 2 is 2.03 bits per heavy atom. The maximum absolute atomic E-state index is 13.1. The van der Waals surface area contributed by atoms with Crippen LogP contribution in [0, 0.1) is 11.8 Å². The van der Waals surface area contributed by atoms with Crippen LogP contribution in [0.25, 0.3) is 11.0 Å². The highest BCUT2D eigenvalue weighted by Crippen LogP contribution is 2.44. The third-order valence-corrected chi connectivity index (χ3v) is 8.01. The van der Waals surface area contributed by atoms with Crippen LogP contribution in [0.1, 0.15) is 47.9 Å². The number of carbonyl (C=O) groups excluding carboxylic acids is 1. The molecule has 7 rings (SSSR count). The van der Waals surface area contributed by atoms with Crippen molar-refractivity contribution in [2.75, 3.05) is 44.4 Å². The summed E-state index contributed by atoms with van der Waals surface area (Å²) in [5, 5.41) is 11.7. The Kier molecular flexibility index (Phi) is 5.85. The van der Waals surface area contributed by atoms with Crippen LogP contribution in [0.3, 0.4) is 0 Å². The van der Waals surface area contributed by atoms with Gasteiger partial charge in [0.2, 0.25) is 11.8 Å². The van der Waals surface area contributed by atoms with Crippen molar-refractivity contribution >= 4 is 22.9 Å². The van der Waals surface area contributed by atoms with Gasteiger partial charge in [-0.05, 0) is 37.8 Å². The van der Waals surface area contributed by atoms with E-state index in [1.54, 1.807) is 6.20 Å². The Morgan fingerprint density at radius 3 is 2.84 bits per heavy atom. The number of anilines is 1. The van der Waals surface area contributed by atoms with Crippen LogP contribution < -0.4 is 15.0 Å². The zero-order chi connectivity index (χ0) is 24.8. The van der Waals surface area contributed by atoms with Crippen LogP contribution in [0.4, 0.5) is 5.95 Å². The summed E-state index contributed by atoms with van der Waals surface area (Å²) < 4.78 is 17.0. The molecule has 4 atom stereocenters. The number of aromatic nitrogens is 6. The van der Waals surface area contributed by atoms with Crippen molar-refractivity contribution in [1.29, 1.82) is 0 Å². The fourth-order valence-electron chi connectivity index (χ4n) is 5.80. The van der Waals surface area contributed by atoms with Crippen LogP contribution in [0.5, 0.6) is 6.01 Å². The van der Waals surface area contributed by atoms with E-state index in [0.29, 0.717) is 43.5 Å². The molecule has 3 saturated heterocycles. The summed E-state index contributed by atoms with van der Waals surface area (Å²) in [6.45, 7) is 3.97. The van der Waals surface area contributed by atoms with Crippen molar-refractivity contribution in [3.8, 4) is 6.01 Å². The van der Waals surface area contributed by atoms with E-state index in [4.69, 9.17) is 14.2 Å². The lowest BCUT2D eigenvalue weighted by Gasteiger charge is -2.31. The highest BCUT2D eigenvalue weighted by atomic mass is 16.5. The Bertz CT molecular complexity index is 1280. The Balaban J connectivity index is 1.07. The highest BCUT2D eigenvalue weighted by Gasteiger charge is 2.55. The molecule has 194 valence electrons.